The third-order valence-corrected chi connectivity index (χ3v) is 5.97. The number of aryl methyl sites for hydroxylation is 4. The lowest BCUT2D eigenvalue weighted by molar-refractivity contribution is -0.120. The zero-order chi connectivity index (χ0) is 16.7. The Hall–Kier alpha value is -2.02. The number of rotatable bonds is 2. The molecule has 1 N–H and O–H groups in total. The summed E-state index contributed by atoms with van der Waals surface area (Å²) in [6.07, 6.45) is 6.57. The van der Waals surface area contributed by atoms with Crippen molar-refractivity contribution in [2.24, 2.45) is 13.0 Å². The van der Waals surface area contributed by atoms with Crippen LogP contribution in [0.4, 0.5) is 5.13 Å². The molecule has 2 aliphatic carbocycles. The summed E-state index contributed by atoms with van der Waals surface area (Å²) in [5.74, 6) is -0.111. The third kappa shape index (κ3) is 2.88. The zero-order valence-corrected chi connectivity index (χ0v) is 14.5. The summed E-state index contributed by atoms with van der Waals surface area (Å²) in [6, 6.07) is 1.61. The fourth-order valence-electron chi connectivity index (χ4n) is 3.52. The van der Waals surface area contributed by atoms with E-state index in [1.54, 1.807) is 24.5 Å². The van der Waals surface area contributed by atoms with E-state index in [1.165, 1.54) is 22.4 Å². The van der Waals surface area contributed by atoms with Crippen molar-refractivity contribution in [2.45, 2.75) is 44.9 Å². The van der Waals surface area contributed by atoms with Crippen molar-refractivity contribution in [3.63, 3.8) is 0 Å². The lowest BCUT2D eigenvalue weighted by Gasteiger charge is -2.22. The lowest BCUT2D eigenvalue weighted by atomic mass is 9.86. The number of anilines is 1. The summed E-state index contributed by atoms with van der Waals surface area (Å²) >= 11 is 1.61. The predicted molar refractivity (Wildman–Crippen MR) is 92.4 cm³/mol. The van der Waals surface area contributed by atoms with Gasteiger partial charge >= 0.3 is 0 Å². The fraction of sp³-hybridized carbons (Fsp3) is 0.529. The van der Waals surface area contributed by atoms with Crippen LogP contribution in [0.1, 0.15) is 41.1 Å². The summed E-state index contributed by atoms with van der Waals surface area (Å²) in [5, 5.41) is 8.01. The topological polar surface area (TPSA) is 76.9 Å². The van der Waals surface area contributed by atoms with Crippen LogP contribution in [-0.4, -0.2) is 20.7 Å². The Kier molecular flexibility index (Phi) is 3.96. The first-order valence-corrected chi connectivity index (χ1v) is 9.27. The Balaban J connectivity index is 1.48. The molecule has 0 fully saturated rings. The van der Waals surface area contributed by atoms with Crippen molar-refractivity contribution >= 4 is 22.4 Å². The number of aromatic nitrogens is 3. The van der Waals surface area contributed by atoms with Crippen LogP contribution in [0.25, 0.3) is 0 Å². The van der Waals surface area contributed by atoms with Gasteiger partial charge in [0.05, 0.1) is 11.4 Å². The van der Waals surface area contributed by atoms with Gasteiger partial charge in [-0.3, -0.25) is 9.59 Å². The highest BCUT2D eigenvalue weighted by molar-refractivity contribution is 7.15. The monoisotopic (exact) mass is 344 g/mol. The molecule has 0 spiro atoms. The van der Waals surface area contributed by atoms with Crippen molar-refractivity contribution in [3.8, 4) is 0 Å². The SMILES string of the molecule is Cn1nc2c(cc1=O)CC(C(=O)Nc1nc3c(s1)CCCC3)CC2. The molecule has 2 aromatic rings. The first kappa shape index (κ1) is 15.5. The van der Waals surface area contributed by atoms with Gasteiger partial charge in [-0.05, 0) is 50.5 Å². The van der Waals surface area contributed by atoms with Crippen molar-refractivity contribution in [1.82, 2.24) is 14.8 Å². The molecule has 0 radical (unpaired) electrons. The van der Waals surface area contributed by atoms with Crippen LogP contribution in [0.3, 0.4) is 0 Å². The average molecular weight is 344 g/mol. The molecule has 24 heavy (non-hydrogen) atoms. The van der Waals surface area contributed by atoms with Gasteiger partial charge in [-0.25, -0.2) is 9.67 Å². The molecule has 1 atom stereocenters. The van der Waals surface area contributed by atoms with Crippen LogP contribution >= 0.6 is 11.3 Å². The molecule has 2 aromatic heterocycles. The summed E-state index contributed by atoms with van der Waals surface area (Å²) < 4.78 is 1.36. The number of thiazole rings is 1. The van der Waals surface area contributed by atoms with Gasteiger partial charge in [-0.15, -0.1) is 11.3 Å². The van der Waals surface area contributed by atoms with Crippen LogP contribution in [0.15, 0.2) is 10.9 Å². The molecule has 0 saturated carbocycles. The summed E-state index contributed by atoms with van der Waals surface area (Å²) in [6.45, 7) is 0. The van der Waals surface area contributed by atoms with E-state index in [0.717, 1.165) is 47.8 Å². The van der Waals surface area contributed by atoms with Gasteiger partial charge in [-0.2, -0.15) is 5.10 Å². The van der Waals surface area contributed by atoms with E-state index in [4.69, 9.17) is 0 Å². The third-order valence-electron chi connectivity index (χ3n) is 4.90. The molecule has 126 valence electrons. The standard InChI is InChI=1S/C17H20N4O2S/c1-21-15(22)9-11-8-10(6-7-12(11)20-21)16(23)19-17-18-13-4-2-3-5-14(13)24-17/h9-10H,2-8H2,1H3,(H,18,19,23). The summed E-state index contributed by atoms with van der Waals surface area (Å²) in [4.78, 5) is 30.3. The highest BCUT2D eigenvalue weighted by Crippen LogP contribution is 2.30. The van der Waals surface area contributed by atoms with Gasteiger partial charge in [0.15, 0.2) is 5.13 Å². The summed E-state index contributed by atoms with van der Waals surface area (Å²) in [5.41, 5.74) is 2.87. The van der Waals surface area contributed by atoms with Crippen LogP contribution in [0.5, 0.6) is 0 Å². The van der Waals surface area contributed by atoms with E-state index >= 15 is 0 Å². The van der Waals surface area contributed by atoms with E-state index in [9.17, 15) is 9.59 Å². The van der Waals surface area contributed by atoms with Gasteiger partial charge in [0.2, 0.25) is 5.91 Å². The molecule has 0 aliphatic heterocycles. The second kappa shape index (κ2) is 6.12. The molecule has 0 aromatic carbocycles. The molecule has 1 amide bonds. The predicted octanol–water partition coefficient (Wildman–Crippen LogP) is 1.86. The van der Waals surface area contributed by atoms with E-state index in [-0.39, 0.29) is 17.4 Å². The van der Waals surface area contributed by atoms with E-state index < -0.39 is 0 Å². The number of hydrogen-bond donors (Lipinski definition) is 1. The smallest absolute Gasteiger partial charge is 0.266 e. The first-order valence-electron chi connectivity index (χ1n) is 8.45. The molecule has 1 unspecified atom stereocenters. The largest absolute Gasteiger partial charge is 0.302 e. The minimum atomic E-state index is -0.123. The van der Waals surface area contributed by atoms with Crippen LogP contribution in [-0.2, 0) is 37.5 Å². The molecule has 4 rings (SSSR count). The van der Waals surface area contributed by atoms with E-state index in [2.05, 4.69) is 15.4 Å². The van der Waals surface area contributed by atoms with Crippen molar-refractivity contribution in [1.29, 1.82) is 0 Å². The molecular weight excluding hydrogens is 324 g/mol. The minimum Gasteiger partial charge on any atom is -0.302 e. The Morgan fingerprint density at radius 1 is 1.29 bits per heavy atom. The molecular formula is C17H20N4O2S. The van der Waals surface area contributed by atoms with Gasteiger partial charge in [0.25, 0.3) is 5.56 Å². The maximum Gasteiger partial charge on any atom is 0.266 e. The second-order valence-electron chi connectivity index (χ2n) is 6.60. The highest BCUT2D eigenvalue weighted by atomic mass is 32.1. The Morgan fingerprint density at radius 2 is 2.12 bits per heavy atom. The Morgan fingerprint density at radius 3 is 2.96 bits per heavy atom. The number of hydrogen-bond acceptors (Lipinski definition) is 5. The Bertz CT molecular complexity index is 831. The molecule has 0 saturated heterocycles. The lowest BCUT2D eigenvalue weighted by Crippen LogP contribution is -2.31. The first-order chi connectivity index (χ1) is 11.6. The van der Waals surface area contributed by atoms with E-state index in [0.29, 0.717) is 6.42 Å². The quantitative estimate of drug-likeness (QED) is 0.902. The number of nitrogens with zero attached hydrogens (tertiary/aromatic N) is 3. The normalized spacial score (nSPS) is 19.5. The number of carbonyl (C=O) groups excluding carboxylic acids is 1. The molecule has 7 heteroatoms. The van der Waals surface area contributed by atoms with Crippen LogP contribution < -0.4 is 10.9 Å². The van der Waals surface area contributed by atoms with Crippen LogP contribution in [0, 0.1) is 5.92 Å². The van der Waals surface area contributed by atoms with Crippen molar-refractivity contribution in [2.75, 3.05) is 5.32 Å². The van der Waals surface area contributed by atoms with Crippen molar-refractivity contribution < 1.29 is 4.79 Å². The van der Waals surface area contributed by atoms with Gasteiger partial charge in [0.1, 0.15) is 0 Å². The fourth-order valence-corrected chi connectivity index (χ4v) is 4.58. The van der Waals surface area contributed by atoms with Gasteiger partial charge in [0, 0.05) is 23.9 Å². The minimum absolute atomic E-state index is 0.00687. The number of nitrogens with one attached hydrogen (secondary N) is 1. The maximum absolute atomic E-state index is 12.6. The highest BCUT2D eigenvalue weighted by Gasteiger charge is 2.27. The second-order valence-corrected chi connectivity index (χ2v) is 7.69. The zero-order valence-electron chi connectivity index (χ0n) is 13.7. The van der Waals surface area contributed by atoms with Gasteiger partial charge in [-0.1, -0.05) is 0 Å². The average Bonchev–Trinajstić information content (AvgIpc) is 2.97. The van der Waals surface area contributed by atoms with Crippen molar-refractivity contribution in [3.05, 3.63) is 38.2 Å². The molecule has 2 heterocycles. The Labute approximate surface area is 143 Å². The number of amides is 1. The number of fused-ring (bicyclic) bond motifs is 2. The molecule has 0 bridgehead atoms. The van der Waals surface area contributed by atoms with Crippen LogP contribution in [0.2, 0.25) is 0 Å². The molecule has 2 aliphatic rings. The summed E-state index contributed by atoms with van der Waals surface area (Å²) in [7, 11) is 1.66. The maximum atomic E-state index is 12.6. The van der Waals surface area contributed by atoms with E-state index in [1.807, 2.05) is 0 Å². The molecule has 6 nitrogen and oxygen atoms in total. The van der Waals surface area contributed by atoms with Gasteiger partial charge < -0.3 is 5.32 Å². The number of carbonyl (C=O) groups is 1.